The molecule has 5 aliphatic rings. The lowest BCUT2D eigenvalue weighted by Gasteiger charge is -2.55. The SMILES string of the molecule is Cc1cc(N2CCN(C(=O)CCCNC(=O)C34CC5CC(CC(C5)C3)C4)CC2)nc(C(C)C)n1. The summed E-state index contributed by atoms with van der Waals surface area (Å²) in [6, 6.07) is 2.04. The molecule has 0 aromatic carbocycles. The van der Waals surface area contributed by atoms with Gasteiger partial charge in [0.15, 0.2) is 0 Å². The van der Waals surface area contributed by atoms with E-state index in [2.05, 4.69) is 29.0 Å². The Morgan fingerprint density at radius 2 is 1.65 bits per heavy atom. The topological polar surface area (TPSA) is 78.4 Å². The number of hydrogen-bond donors (Lipinski definition) is 1. The number of nitrogens with one attached hydrogen (secondary N) is 1. The van der Waals surface area contributed by atoms with E-state index in [4.69, 9.17) is 4.98 Å². The molecule has 34 heavy (non-hydrogen) atoms. The van der Waals surface area contributed by atoms with E-state index in [1.165, 1.54) is 19.3 Å². The monoisotopic (exact) mass is 467 g/mol. The molecule has 0 atom stereocenters. The van der Waals surface area contributed by atoms with E-state index >= 15 is 0 Å². The number of carbonyl (C=O) groups excluding carboxylic acids is 2. The van der Waals surface area contributed by atoms with Crippen LogP contribution >= 0.6 is 0 Å². The molecule has 7 heteroatoms. The standard InChI is InChI=1S/C27H41N5O2/c1-18(2)25-29-19(3)11-23(30-25)31-7-9-32(10-8-31)24(33)5-4-6-28-26(34)27-15-20-12-21(16-27)14-22(13-20)17-27/h11,18,20-22H,4-10,12-17H2,1-3H3,(H,28,34). The minimum atomic E-state index is -0.0934. The summed E-state index contributed by atoms with van der Waals surface area (Å²) >= 11 is 0. The third-order valence-corrected chi connectivity index (χ3v) is 8.70. The molecule has 1 aliphatic heterocycles. The minimum absolute atomic E-state index is 0.0934. The Morgan fingerprint density at radius 1 is 1.03 bits per heavy atom. The van der Waals surface area contributed by atoms with Gasteiger partial charge in [-0.25, -0.2) is 9.97 Å². The molecule has 4 bridgehead atoms. The van der Waals surface area contributed by atoms with E-state index in [1.807, 2.05) is 17.9 Å². The van der Waals surface area contributed by atoms with E-state index in [0.717, 1.165) is 87.0 Å². The highest BCUT2D eigenvalue weighted by molar-refractivity contribution is 5.83. The molecule has 7 nitrogen and oxygen atoms in total. The first kappa shape index (κ1) is 23.6. The van der Waals surface area contributed by atoms with Crippen molar-refractivity contribution in [2.75, 3.05) is 37.6 Å². The van der Waals surface area contributed by atoms with Gasteiger partial charge in [0.2, 0.25) is 11.8 Å². The van der Waals surface area contributed by atoms with E-state index < -0.39 is 0 Å². The highest BCUT2D eigenvalue weighted by Crippen LogP contribution is 2.60. The summed E-state index contributed by atoms with van der Waals surface area (Å²) in [6.07, 6.45) is 8.57. The van der Waals surface area contributed by atoms with Gasteiger partial charge in [0.25, 0.3) is 0 Å². The second-order valence-electron chi connectivity index (χ2n) is 11.8. The molecule has 0 radical (unpaired) electrons. The average molecular weight is 468 g/mol. The molecular formula is C27H41N5O2. The lowest BCUT2D eigenvalue weighted by atomic mass is 9.49. The summed E-state index contributed by atoms with van der Waals surface area (Å²) in [5.74, 6) is 4.95. The highest BCUT2D eigenvalue weighted by atomic mass is 16.2. The van der Waals surface area contributed by atoms with Gasteiger partial charge < -0.3 is 15.1 Å². The number of carbonyl (C=O) groups is 2. The summed E-state index contributed by atoms with van der Waals surface area (Å²) in [4.78, 5) is 39.4. The third-order valence-electron chi connectivity index (χ3n) is 8.70. The van der Waals surface area contributed by atoms with Crippen LogP contribution in [0.3, 0.4) is 0 Å². The Hall–Kier alpha value is -2.18. The van der Waals surface area contributed by atoms with Crippen LogP contribution in [0.5, 0.6) is 0 Å². The molecule has 2 amide bonds. The van der Waals surface area contributed by atoms with Crippen molar-refractivity contribution in [2.45, 2.75) is 78.1 Å². The first-order valence-electron chi connectivity index (χ1n) is 13.5. The molecule has 1 aromatic heterocycles. The van der Waals surface area contributed by atoms with Gasteiger partial charge in [0, 0.05) is 62.2 Å². The van der Waals surface area contributed by atoms with Crippen LogP contribution in [0.15, 0.2) is 6.07 Å². The van der Waals surface area contributed by atoms with Crippen molar-refractivity contribution in [1.29, 1.82) is 0 Å². The first-order chi connectivity index (χ1) is 16.3. The van der Waals surface area contributed by atoms with Crippen LogP contribution in [0.2, 0.25) is 0 Å². The maximum Gasteiger partial charge on any atom is 0.226 e. The predicted molar refractivity (Wildman–Crippen MR) is 132 cm³/mol. The van der Waals surface area contributed by atoms with Crippen LogP contribution in [-0.2, 0) is 9.59 Å². The Labute approximate surface area is 204 Å². The second-order valence-corrected chi connectivity index (χ2v) is 11.8. The van der Waals surface area contributed by atoms with Gasteiger partial charge in [-0.2, -0.15) is 0 Å². The van der Waals surface area contributed by atoms with Gasteiger partial charge in [-0.15, -0.1) is 0 Å². The summed E-state index contributed by atoms with van der Waals surface area (Å²) < 4.78 is 0. The molecule has 0 spiro atoms. The number of aryl methyl sites for hydroxylation is 1. The normalized spacial score (nSPS) is 30.2. The Kier molecular flexibility index (Phi) is 6.56. The fourth-order valence-corrected chi connectivity index (χ4v) is 7.36. The third kappa shape index (κ3) is 4.80. The largest absolute Gasteiger partial charge is 0.356 e. The lowest BCUT2D eigenvalue weighted by Crippen LogP contribution is -2.53. The van der Waals surface area contributed by atoms with Crippen LogP contribution in [0.4, 0.5) is 5.82 Å². The quantitative estimate of drug-likeness (QED) is 0.619. The maximum atomic E-state index is 13.1. The van der Waals surface area contributed by atoms with Gasteiger partial charge in [-0.05, 0) is 69.6 Å². The number of piperazine rings is 1. The average Bonchev–Trinajstić information content (AvgIpc) is 2.80. The number of anilines is 1. The highest BCUT2D eigenvalue weighted by Gasteiger charge is 2.54. The fourth-order valence-electron chi connectivity index (χ4n) is 7.36. The first-order valence-corrected chi connectivity index (χ1v) is 13.5. The van der Waals surface area contributed by atoms with Crippen molar-refractivity contribution < 1.29 is 9.59 Å². The van der Waals surface area contributed by atoms with Gasteiger partial charge >= 0.3 is 0 Å². The molecule has 6 rings (SSSR count). The van der Waals surface area contributed by atoms with Gasteiger partial charge in [-0.3, -0.25) is 9.59 Å². The maximum absolute atomic E-state index is 13.1. The summed E-state index contributed by atoms with van der Waals surface area (Å²) in [7, 11) is 0. The molecule has 5 fully saturated rings. The van der Waals surface area contributed by atoms with Gasteiger partial charge in [0.05, 0.1) is 0 Å². The molecule has 186 valence electrons. The van der Waals surface area contributed by atoms with E-state index in [-0.39, 0.29) is 17.2 Å². The summed E-state index contributed by atoms with van der Waals surface area (Å²) in [5.41, 5.74) is 0.895. The molecule has 1 aromatic rings. The lowest BCUT2D eigenvalue weighted by molar-refractivity contribution is -0.146. The smallest absolute Gasteiger partial charge is 0.226 e. The van der Waals surface area contributed by atoms with Crippen molar-refractivity contribution in [3.63, 3.8) is 0 Å². The van der Waals surface area contributed by atoms with Gasteiger partial charge in [-0.1, -0.05) is 13.8 Å². The number of amides is 2. The van der Waals surface area contributed by atoms with Crippen LogP contribution in [0, 0.1) is 30.1 Å². The number of rotatable bonds is 7. The van der Waals surface area contributed by atoms with Crippen molar-refractivity contribution in [3.05, 3.63) is 17.6 Å². The Morgan fingerprint density at radius 3 is 2.24 bits per heavy atom. The number of nitrogens with zero attached hydrogens (tertiary/aromatic N) is 4. The second kappa shape index (κ2) is 9.46. The van der Waals surface area contributed by atoms with Crippen LogP contribution < -0.4 is 10.2 Å². The fraction of sp³-hybridized carbons (Fsp3) is 0.778. The molecule has 2 heterocycles. The molecule has 1 N–H and O–H groups in total. The molecular weight excluding hydrogens is 426 g/mol. The van der Waals surface area contributed by atoms with E-state index in [1.54, 1.807) is 0 Å². The number of aromatic nitrogens is 2. The zero-order valence-corrected chi connectivity index (χ0v) is 21.2. The Balaban J connectivity index is 1.05. The van der Waals surface area contributed by atoms with Gasteiger partial charge in [0.1, 0.15) is 11.6 Å². The van der Waals surface area contributed by atoms with E-state index in [9.17, 15) is 9.59 Å². The number of hydrogen-bond acceptors (Lipinski definition) is 5. The zero-order chi connectivity index (χ0) is 23.9. The summed E-state index contributed by atoms with van der Waals surface area (Å²) in [6.45, 7) is 9.88. The molecule has 0 unspecified atom stereocenters. The van der Waals surface area contributed by atoms with E-state index in [0.29, 0.717) is 18.9 Å². The van der Waals surface area contributed by atoms with Crippen LogP contribution in [0.1, 0.15) is 82.7 Å². The van der Waals surface area contributed by atoms with Crippen molar-refractivity contribution in [2.24, 2.45) is 23.2 Å². The molecule has 4 saturated carbocycles. The van der Waals surface area contributed by atoms with Crippen LogP contribution in [-0.4, -0.2) is 59.4 Å². The van der Waals surface area contributed by atoms with Crippen LogP contribution in [0.25, 0.3) is 0 Å². The molecule has 4 aliphatic carbocycles. The predicted octanol–water partition coefficient (Wildman–Crippen LogP) is 3.67. The summed E-state index contributed by atoms with van der Waals surface area (Å²) in [5, 5.41) is 3.21. The Bertz CT molecular complexity index is 886. The zero-order valence-electron chi connectivity index (χ0n) is 21.2. The minimum Gasteiger partial charge on any atom is -0.356 e. The van der Waals surface area contributed by atoms with Crippen molar-refractivity contribution in [1.82, 2.24) is 20.2 Å². The molecule has 1 saturated heterocycles. The van der Waals surface area contributed by atoms with Crippen molar-refractivity contribution >= 4 is 17.6 Å². The van der Waals surface area contributed by atoms with Crippen molar-refractivity contribution in [3.8, 4) is 0 Å².